The fraction of sp³-hybridized carbons (Fsp3) is 0.462. The Hall–Kier alpha value is -0.960. The maximum atomic E-state index is 4.67. The van der Waals surface area contributed by atoms with Gasteiger partial charge in [0, 0.05) is 11.4 Å². The Balaban J connectivity index is 2.11. The van der Waals surface area contributed by atoms with Crippen LogP contribution in [0.4, 0.5) is 5.69 Å². The van der Waals surface area contributed by atoms with E-state index in [9.17, 15) is 0 Å². The van der Waals surface area contributed by atoms with Crippen molar-refractivity contribution in [2.24, 2.45) is 10.9 Å². The van der Waals surface area contributed by atoms with Crippen LogP contribution >= 0.6 is 11.8 Å². The Morgan fingerprint density at radius 1 is 1.31 bits per heavy atom. The fourth-order valence-corrected chi connectivity index (χ4v) is 2.72. The highest BCUT2D eigenvalue weighted by atomic mass is 32.2. The molecule has 0 fully saturated rings. The molecule has 2 unspecified atom stereocenters. The lowest BCUT2D eigenvalue weighted by molar-refractivity contribution is 0.537. The number of para-hydroxylation sites is 1. The van der Waals surface area contributed by atoms with Crippen LogP contribution in [0, 0.1) is 12.8 Å². The number of anilines is 1. The summed E-state index contributed by atoms with van der Waals surface area (Å²) in [6.45, 7) is 6.55. The van der Waals surface area contributed by atoms with Crippen LogP contribution in [0.15, 0.2) is 29.3 Å². The van der Waals surface area contributed by atoms with E-state index in [2.05, 4.69) is 55.3 Å². The molecule has 1 aliphatic rings. The van der Waals surface area contributed by atoms with E-state index in [1.54, 1.807) is 0 Å². The largest absolute Gasteiger partial charge is 0.335 e. The zero-order valence-corrected chi connectivity index (χ0v) is 10.8. The summed E-state index contributed by atoms with van der Waals surface area (Å²) in [5, 5.41) is 4.47. The number of thioether (sulfide) groups is 1. The van der Waals surface area contributed by atoms with Gasteiger partial charge in [0.1, 0.15) is 0 Å². The monoisotopic (exact) mass is 234 g/mol. The van der Waals surface area contributed by atoms with Gasteiger partial charge in [0.25, 0.3) is 0 Å². The molecule has 0 saturated carbocycles. The Bertz CT molecular complexity index is 401. The number of nitrogens with zero attached hydrogens (tertiary/aromatic N) is 1. The first kappa shape index (κ1) is 11.5. The molecule has 2 atom stereocenters. The van der Waals surface area contributed by atoms with Crippen LogP contribution in [0.1, 0.15) is 19.4 Å². The highest BCUT2D eigenvalue weighted by molar-refractivity contribution is 8.14. The maximum absolute atomic E-state index is 4.67. The summed E-state index contributed by atoms with van der Waals surface area (Å²) in [7, 11) is 0. The van der Waals surface area contributed by atoms with Crippen LogP contribution in [-0.4, -0.2) is 17.0 Å². The second kappa shape index (κ2) is 4.91. The molecular weight excluding hydrogens is 216 g/mol. The average molecular weight is 234 g/mol. The number of benzene rings is 1. The second-order valence-corrected chi connectivity index (χ2v) is 5.41. The van der Waals surface area contributed by atoms with Crippen molar-refractivity contribution in [2.45, 2.75) is 26.8 Å². The number of aliphatic imine (C=N–C) groups is 1. The SMILES string of the molecule is Cc1ccccc1NC1=NC(C)C(C)CS1. The van der Waals surface area contributed by atoms with E-state index in [-0.39, 0.29) is 0 Å². The first-order chi connectivity index (χ1) is 7.66. The van der Waals surface area contributed by atoms with Gasteiger partial charge in [-0.2, -0.15) is 0 Å². The first-order valence-corrected chi connectivity index (χ1v) is 6.68. The van der Waals surface area contributed by atoms with E-state index in [1.807, 2.05) is 11.8 Å². The summed E-state index contributed by atoms with van der Waals surface area (Å²) in [6, 6.07) is 8.74. The van der Waals surface area contributed by atoms with Gasteiger partial charge in [-0.3, -0.25) is 4.99 Å². The number of aryl methyl sites for hydroxylation is 1. The van der Waals surface area contributed by atoms with Crippen LogP contribution in [0.2, 0.25) is 0 Å². The molecule has 16 heavy (non-hydrogen) atoms. The molecule has 0 amide bonds. The van der Waals surface area contributed by atoms with Gasteiger partial charge in [-0.1, -0.05) is 36.9 Å². The standard InChI is InChI=1S/C13H18N2S/c1-9-6-4-5-7-12(9)15-13-14-11(3)10(2)8-16-13/h4-7,10-11H,8H2,1-3H3,(H,14,15). The van der Waals surface area contributed by atoms with Gasteiger partial charge in [-0.05, 0) is 31.4 Å². The lowest BCUT2D eigenvalue weighted by atomic mass is 10.1. The third-order valence-corrected chi connectivity index (χ3v) is 4.19. The van der Waals surface area contributed by atoms with Crippen LogP contribution < -0.4 is 5.32 Å². The minimum Gasteiger partial charge on any atom is -0.335 e. The average Bonchev–Trinajstić information content (AvgIpc) is 2.27. The van der Waals surface area contributed by atoms with Gasteiger partial charge < -0.3 is 5.32 Å². The van der Waals surface area contributed by atoms with Crippen LogP contribution in [0.25, 0.3) is 0 Å². The summed E-state index contributed by atoms with van der Waals surface area (Å²) in [5.41, 5.74) is 2.42. The molecule has 0 radical (unpaired) electrons. The lowest BCUT2D eigenvalue weighted by Gasteiger charge is -2.24. The van der Waals surface area contributed by atoms with E-state index in [1.165, 1.54) is 5.56 Å². The van der Waals surface area contributed by atoms with Crippen molar-refractivity contribution < 1.29 is 0 Å². The van der Waals surface area contributed by atoms with Crippen molar-refractivity contribution in [1.29, 1.82) is 0 Å². The molecule has 0 aromatic heterocycles. The molecule has 86 valence electrons. The van der Waals surface area contributed by atoms with E-state index >= 15 is 0 Å². The zero-order chi connectivity index (χ0) is 11.5. The van der Waals surface area contributed by atoms with Crippen LogP contribution in [0.5, 0.6) is 0 Å². The molecule has 1 aromatic carbocycles. The smallest absolute Gasteiger partial charge is 0.161 e. The maximum Gasteiger partial charge on any atom is 0.161 e. The molecule has 0 spiro atoms. The first-order valence-electron chi connectivity index (χ1n) is 5.70. The number of hydrogen-bond acceptors (Lipinski definition) is 3. The van der Waals surface area contributed by atoms with Crippen molar-refractivity contribution in [3.05, 3.63) is 29.8 Å². The van der Waals surface area contributed by atoms with E-state index in [0.717, 1.165) is 16.6 Å². The van der Waals surface area contributed by atoms with Crippen LogP contribution in [0.3, 0.4) is 0 Å². The van der Waals surface area contributed by atoms with Crippen molar-refractivity contribution in [3.8, 4) is 0 Å². The third-order valence-electron chi connectivity index (χ3n) is 3.01. The van der Waals surface area contributed by atoms with Gasteiger partial charge in [0.05, 0.1) is 6.04 Å². The number of rotatable bonds is 1. The van der Waals surface area contributed by atoms with Crippen molar-refractivity contribution in [2.75, 3.05) is 11.1 Å². The molecule has 0 saturated heterocycles. The van der Waals surface area contributed by atoms with Gasteiger partial charge in [0.2, 0.25) is 0 Å². The Kier molecular flexibility index (Phi) is 3.54. The van der Waals surface area contributed by atoms with Gasteiger partial charge in [-0.25, -0.2) is 0 Å². The Morgan fingerprint density at radius 2 is 2.06 bits per heavy atom. The molecule has 1 N–H and O–H groups in total. The summed E-state index contributed by atoms with van der Waals surface area (Å²) in [4.78, 5) is 4.67. The van der Waals surface area contributed by atoms with Crippen molar-refractivity contribution in [3.63, 3.8) is 0 Å². The quantitative estimate of drug-likeness (QED) is 0.804. The predicted molar refractivity (Wildman–Crippen MR) is 73.3 cm³/mol. The number of nitrogens with one attached hydrogen (secondary N) is 1. The van der Waals surface area contributed by atoms with Crippen molar-refractivity contribution in [1.82, 2.24) is 0 Å². The molecular formula is C13H18N2S. The normalized spacial score (nSPS) is 25.1. The molecule has 3 heteroatoms. The summed E-state index contributed by atoms with van der Waals surface area (Å²) < 4.78 is 0. The molecule has 2 nitrogen and oxygen atoms in total. The Labute approximate surface area is 102 Å². The van der Waals surface area contributed by atoms with E-state index in [4.69, 9.17) is 0 Å². The topological polar surface area (TPSA) is 24.4 Å². The molecule has 0 bridgehead atoms. The van der Waals surface area contributed by atoms with Gasteiger partial charge in [-0.15, -0.1) is 0 Å². The summed E-state index contributed by atoms with van der Waals surface area (Å²) in [5.74, 6) is 1.83. The molecule has 2 rings (SSSR count). The zero-order valence-electron chi connectivity index (χ0n) is 10.0. The van der Waals surface area contributed by atoms with Gasteiger partial charge >= 0.3 is 0 Å². The highest BCUT2D eigenvalue weighted by Crippen LogP contribution is 2.24. The van der Waals surface area contributed by atoms with Crippen LogP contribution in [-0.2, 0) is 0 Å². The lowest BCUT2D eigenvalue weighted by Crippen LogP contribution is -2.25. The third kappa shape index (κ3) is 2.59. The number of hydrogen-bond donors (Lipinski definition) is 1. The van der Waals surface area contributed by atoms with Gasteiger partial charge in [0.15, 0.2) is 5.17 Å². The summed E-state index contributed by atoms with van der Waals surface area (Å²) in [6.07, 6.45) is 0. The molecule has 0 aliphatic carbocycles. The highest BCUT2D eigenvalue weighted by Gasteiger charge is 2.19. The Morgan fingerprint density at radius 3 is 2.75 bits per heavy atom. The minimum atomic E-state index is 0.424. The number of amidine groups is 1. The molecule has 1 aromatic rings. The van der Waals surface area contributed by atoms with Crippen molar-refractivity contribution >= 4 is 22.6 Å². The minimum absolute atomic E-state index is 0.424. The molecule has 1 aliphatic heterocycles. The predicted octanol–water partition coefficient (Wildman–Crippen LogP) is 3.53. The second-order valence-electron chi connectivity index (χ2n) is 4.40. The summed E-state index contributed by atoms with van der Waals surface area (Å²) >= 11 is 1.82. The van der Waals surface area contributed by atoms with E-state index < -0.39 is 0 Å². The van der Waals surface area contributed by atoms with E-state index in [0.29, 0.717) is 12.0 Å². The fourth-order valence-electron chi connectivity index (χ4n) is 1.60. The molecule has 1 heterocycles.